The van der Waals surface area contributed by atoms with Gasteiger partial charge in [0, 0.05) is 30.4 Å². The number of amides is 1. The highest BCUT2D eigenvalue weighted by Gasteiger charge is 2.28. The first kappa shape index (κ1) is 21.9. The standard InChI is InChI=1S/C21H25N3O5S2/c25-21(16-6-4-8-19(14-16)30(26,27)23-17-10-11-17)22-18-7-5-9-20(15-18)31(28,29)24-12-2-1-3-13-24/h4-9,14-15,17,23H,1-3,10-13H2,(H,22,25). The number of piperidine rings is 1. The van der Waals surface area contributed by atoms with E-state index in [1.807, 2.05) is 0 Å². The quantitative estimate of drug-likeness (QED) is 0.655. The SMILES string of the molecule is O=C(Nc1cccc(S(=O)(=O)N2CCCCC2)c1)c1cccc(S(=O)(=O)NC2CC2)c1. The summed E-state index contributed by atoms with van der Waals surface area (Å²) in [6, 6.07) is 11.9. The van der Waals surface area contributed by atoms with E-state index in [9.17, 15) is 21.6 Å². The smallest absolute Gasteiger partial charge is 0.255 e. The molecule has 1 aliphatic heterocycles. The van der Waals surface area contributed by atoms with Crippen molar-refractivity contribution in [3.63, 3.8) is 0 Å². The van der Waals surface area contributed by atoms with Crippen LogP contribution in [0, 0.1) is 0 Å². The van der Waals surface area contributed by atoms with E-state index in [1.54, 1.807) is 12.1 Å². The Hall–Kier alpha value is -2.27. The topological polar surface area (TPSA) is 113 Å². The van der Waals surface area contributed by atoms with Crippen LogP contribution < -0.4 is 10.0 Å². The maximum atomic E-state index is 12.9. The highest BCUT2D eigenvalue weighted by Crippen LogP contribution is 2.24. The average molecular weight is 464 g/mol. The van der Waals surface area contributed by atoms with Gasteiger partial charge in [0.15, 0.2) is 0 Å². The molecule has 2 fully saturated rings. The van der Waals surface area contributed by atoms with E-state index >= 15 is 0 Å². The van der Waals surface area contributed by atoms with Gasteiger partial charge in [-0.05, 0) is 62.1 Å². The van der Waals surface area contributed by atoms with Crippen LogP contribution >= 0.6 is 0 Å². The minimum absolute atomic E-state index is 0.0217. The zero-order valence-corrected chi connectivity index (χ0v) is 18.6. The number of carbonyl (C=O) groups is 1. The number of rotatable bonds is 7. The fourth-order valence-corrected chi connectivity index (χ4v) is 6.40. The van der Waals surface area contributed by atoms with Gasteiger partial charge in [0.1, 0.15) is 0 Å². The molecule has 1 amide bonds. The summed E-state index contributed by atoms with van der Waals surface area (Å²) in [4.78, 5) is 12.8. The van der Waals surface area contributed by atoms with Crippen LogP contribution in [-0.4, -0.2) is 46.2 Å². The van der Waals surface area contributed by atoms with Crippen molar-refractivity contribution in [1.29, 1.82) is 0 Å². The number of hydrogen-bond donors (Lipinski definition) is 2. The summed E-state index contributed by atoms with van der Waals surface area (Å²) < 4.78 is 54.6. The highest BCUT2D eigenvalue weighted by molar-refractivity contribution is 7.89. The minimum atomic E-state index is -3.68. The van der Waals surface area contributed by atoms with Gasteiger partial charge in [-0.15, -0.1) is 0 Å². The second-order valence-electron chi connectivity index (χ2n) is 7.87. The molecule has 0 spiro atoms. The van der Waals surface area contributed by atoms with Crippen molar-refractivity contribution in [2.45, 2.75) is 47.9 Å². The van der Waals surface area contributed by atoms with Crippen molar-refractivity contribution >= 4 is 31.6 Å². The maximum Gasteiger partial charge on any atom is 0.255 e. The Morgan fingerprint density at radius 1 is 0.871 bits per heavy atom. The predicted octanol–water partition coefficient (Wildman–Crippen LogP) is 2.55. The van der Waals surface area contributed by atoms with Gasteiger partial charge in [-0.1, -0.05) is 18.6 Å². The lowest BCUT2D eigenvalue weighted by Crippen LogP contribution is -2.35. The largest absolute Gasteiger partial charge is 0.322 e. The molecular weight excluding hydrogens is 438 g/mol. The number of nitrogens with zero attached hydrogens (tertiary/aromatic N) is 1. The molecule has 2 aromatic rings. The molecule has 2 N–H and O–H groups in total. The number of hydrogen-bond acceptors (Lipinski definition) is 5. The molecule has 8 nitrogen and oxygen atoms in total. The van der Waals surface area contributed by atoms with Gasteiger partial charge in [-0.2, -0.15) is 4.31 Å². The second-order valence-corrected chi connectivity index (χ2v) is 11.5. The van der Waals surface area contributed by atoms with E-state index in [4.69, 9.17) is 0 Å². The first-order chi connectivity index (χ1) is 14.8. The second kappa shape index (κ2) is 8.70. The third-order valence-electron chi connectivity index (χ3n) is 5.35. The summed E-state index contributed by atoms with van der Waals surface area (Å²) in [5.41, 5.74) is 0.496. The fourth-order valence-electron chi connectivity index (χ4n) is 3.49. The molecule has 0 aromatic heterocycles. The molecule has 0 radical (unpaired) electrons. The van der Waals surface area contributed by atoms with Crippen LogP contribution in [0.25, 0.3) is 0 Å². The van der Waals surface area contributed by atoms with E-state index in [-0.39, 0.29) is 21.4 Å². The van der Waals surface area contributed by atoms with E-state index in [0.29, 0.717) is 18.8 Å². The number of sulfonamides is 2. The summed E-state index contributed by atoms with van der Waals surface area (Å²) in [6.45, 7) is 0.990. The van der Waals surface area contributed by atoms with Crippen LogP contribution in [0.2, 0.25) is 0 Å². The first-order valence-corrected chi connectivity index (χ1v) is 13.2. The van der Waals surface area contributed by atoms with Gasteiger partial charge < -0.3 is 5.32 Å². The molecule has 2 aromatic carbocycles. The Morgan fingerprint density at radius 2 is 1.55 bits per heavy atom. The fraction of sp³-hybridized carbons (Fsp3) is 0.381. The van der Waals surface area contributed by atoms with Crippen molar-refractivity contribution in [3.8, 4) is 0 Å². The molecular formula is C21H25N3O5S2. The minimum Gasteiger partial charge on any atom is -0.322 e. The predicted molar refractivity (Wildman–Crippen MR) is 117 cm³/mol. The van der Waals surface area contributed by atoms with E-state index in [2.05, 4.69) is 10.0 Å². The number of anilines is 1. The molecule has 1 saturated heterocycles. The first-order valence-electron chi connectivity index (χ1n) is 10.3. The Morgan fingerprint density at radius 3 is 2.26 bits per heavy atom. The Balaban J connectivity index is 1.51. The molecule has 2 aliphatic rings. The van der Waals surface area contributed by atoms with Crippen molar-refractivity contribution < 1.29 is 21.6 Å². The monoisotopic (exact) mass is 463 g/mol. The number of benzene rings is 2. The van der Waals surface area contributed by atoms with E-state index in [1.165, 1.54) is 40.7 Å². The van der Waals surface area contributed by atoms with Crippen molar-refractivity contribution in [1.82, 2.24) is 9.03 Å². The third kappa shape index (κ3) is 5.15. The van der Waals surface area contributed by atoms with Crippen LogP contribution in [0.15, 0.2) is 58.3 Å². The van der Waals surface area contributed by atoms with Gasteiger partial charge in [-0.25, -0.2) is 21.6 Å². The Bertz CT molecular complexity index is 1190. The maximum absolute atomic E-state index is 12.9. The van der Waals surface area contributed by atoms with Gasteiger partial charge in [0.25, 0.3) is 5.91 Å². The summed E-state index contributed by atoms with van der Waals surface area (Å²) >= 11 is 0. The number of carbonyl (C=O) groups excluding carboxylic acids is 1. The molecule has 0 atom stereocenters. The van der Waals surface area contributed by atoms with Gasteiger partial charge in [0.05, 0.1) is 9.79 Å². The lowest BCUT2D eigenvalue weighted by atomic mass is 10.2. The summed E-state index contributed by atoms with van der Waals surface area (Å²) in [5, 5.41) is 2.67. The van der Waals surface area contributed by atoms with Crippen molar-refractivity contribution in [3.05, 3.63) is 54.1 Å². The normalized spacial score (nSPS) is 17.9. The molecule has 166 valence electrons. The molecule has 1 aliphatic carbocycles. The molecule has 10 heteroatoms. The van der Waals surface area contributed by atoms with Crippen molar-refractivity contribution in [2.75, 3.05) is 18.4 Å². The summed E-state index contributed by atoms with van der Waals surface area (Å²) in [6.07, 6.45) is 4.33. The van der Waals surface area contributed by atoms with E-state index < -0.39 is 26.0 Å². The molecule has 31 heavy (non-hydrogen) atoms. The third-order valence-corrected chi connectivity index (χ3v) is 8.76. The highest BCUT2D eigenvalue weighted by atomic mass is 32.2. The Labute approximate surface area is 182 Å². The molecule has 1 saturated carbocycles. The average Bonchev–Trinajstić information content (AvgIpc) is 3.58. The Kier molecular flexibility index (Phi) is 6.16. The van der Waals surface area contributed by atoms with Gasteiger partial charge >= 0.3 is 0 Å². The summed E-state index contributed by atoms with van der Waals surface area (Å²) in [5.74, 6) is -0.518. The van der Waals surface area contributed by atoms with Crippen LogP contribution in [0.1, 0.15) is 42.5 Å². The van der Waals surface area contributed by atoms with Crippen LogP contribution in [0.5, 0.6) is 0 Å². The number of nitrogens with one attached hydrogen (secondary N) is 2. The lowest BCUT2D eigenvalue weighted by molar-refractivity contribution is 0.102. The molecule has 0 unspecified atom stereocenters. The van der Waals surface area contributed by atoms with Crippen LogP contribution in [0.3, 0.4) is 0 Å². The van der Waals surface area contributed by atoms with Crippen LogP contribution in [-0.2, 0) is 20.0 Å². The lowest BCUT2D eigenvalue weighted by Gasteiger charge is -2.26. The van der Waals surface area contributed by atoms with E-state index in [0.717, 1.165) is 32.1 Å². The molecule has 4 rings (SSSR count). The van der Waals surface area contributed by atoms with Crippen molar-refractivity contribution in [2.24, 2.45) is 0 Å². The zero-order chi connectivity index (χ0) is 22.1. The van der Waals surface area contributed by atoms with Gasteiger partial charge in [-0.3, -0.25) is 4.79 Å². The molecule has 1 heterocycles. The van der Waals surface area contributed by atoms with Crippen LogP contribution in [0.4, 0.5) is 5.69 Å². The summed E-state index contributed by atoms with van der Waals surface area (Å²) in [7, 11) is -7.30. The van der Waals surface area contributed by atoms with Gasteiger partial charge in [0.2, 0.25) is 20.0 Å². The zero-order valence-electron chi connectivity index (χ0n) is 17.0. The molecule has 0 bridgehead atoms.